The van der Waals surface area contributed by atoms with Crippen LogP contribution in [0.4, 0.5) is 17.2 Å². The first kappa shape index (κ1) is 29.4. The molecular formula is C35H44N8O3. The van der Waals surface area contributed by atoms with Crippen molar-refractivity contribution in [2.24, 2.45) is 23.7 Å². The monoisotopic (exact) mass is 624 g/mol. The molecule has 5 aliphatic rings. The molecule has 0 spiro atoms. The van der Waals surface area contributed by atoms with Gasteiger partial charge in [0.2, 0.25) is 0 Å². The van der Waals surface area contributed by atoms with Gasteiger partial charge in [0, 0.05) is 56.3 Å². The van der Waals surface area contributed by atoms with Crippen molar-refractivity contribution in [3.05, 3.63) is 48.5 Å². The number of phenolic OH excluding ortho intramolecular Hbond substituents is 1. The quantitative estimate of drug-likeness (QED) is 0.387. The van der Waals surface area contributed by atoms with Gasteiger partial charge in [0.1, 0.15) is 11.6 Å². The van der Waals surface area contributed by atoms with Gasteiger partial charge in [-0.25, -0.2) is 9.97 Å². The molecule has 242 valence electrons. The molecule has 5 fully saturated rings. The van der Waals surface area contributed by atoms with Crippen LogP contribution in [0.2, 0.25) is 0 Å². The minimum absolute atomic E-state index is 0.0462. The number of methoxy groups -OCH3 is 1. The number of aromatic hydroxyl groups is 1. The lowest BCUT2D eigenvalue weighted by Crippen LogP contribution is -2.54. The molecule has 11 nitrogen and oxygen atoms in total. The predicted octanol–water partition coefficient (Wildman–Crippen LogP) is 3.88. The van der Waals surface area contributed by atoms with E-state index in [-0.39, 0.29) is 23.1 Å². The first-order valence-electron chi connectivity index (χ1n) is 17.0. The van der Waals surface area contributed by atoms with Crippen molar-refractivity contribution >= 4 is 23.2 Å². The van der Waals surface area contributed by atoms with Crippen molar-refractivity contribution in [3.63, 3.8) is 0 Å². The molecule has 3 saturated carbocycles. The number of esters is 1. The molecule has 3 aliphatic carbocycles. The van der Waals surface area contributed by atoms with Crippen molar-refractivity contribution in [2.45, 2.75) is 56.4 Å². The number of ether oxygens (including phenoxy) is 1. The number of hydrogen-bond acceptors (Lipinski definition) is 11. The van der Waals surface area contributed by atoms with E-state index in [4.69, 9.17) is 20.4 Å². The molecule has 3 N–H and O–H groups in total. The van der Waals surface area contributed by atoms with Crippen LogP contribution >= 0.6 is 0 Å². The molecule has 2 bridgehead atoms. The number of piperazine rings is 1. The molecule has 2 aliphatic heterocycles. The fourth-order valence-electron chi connectivity index (χ4n) is 9.60. The van der Waals surface area contributed by atoms with Crippen molar-refractivity contribution < 1.29 is 14.6 Å². The van der Waals surface area contributed by atoms with Crippen molar-refractivity contribution in [1.29, 1.82) is 0 Å². The zero-order valence-electron chi connectivity index (χ0n) is 26.6. The summed E-state index contributed by atoms with van der Waals surface area (Å²) in [5.41, 5.74) is 9.80. The van der Waals surface area contributed by atoms with E-state index in [0.29, 0.717) is 40.9 Å². The van der Waals surface area contributed by atoms with Gasteiger partial charge in [-0.2, -0.15) is 0 Å². The lowest BCUT2D eigenvalue weighted by atomic mass is 9.54. The maximum absolute atomic E-state index is 11.9. The number of nitrogen functional groups attached to an aromatic ring is 1. The first-order valence-corrected chi connectivity index (χ1v) is 17.0. The number of hydrogen-bond donors (Lipinski definition) is 2. The van der Waals surface area contributed by atoms with Crippen LogP contribution in [0.1, 0.15) is 50.8 Å². The van der Waals surface area contributed by atoms with Gasteiger partial charge < -0.3 is 25.4 Å². The molecule has 4 heterocycles. The minimum Gasteiger partial charge on any atom is -0.507 e. The third-order valence-corrected chi connectivity index (χ3v) is 11.9. The Morgan fingerprint density at radius 3 is 2.48 bits per heavy atom. The highest BCUT2D eigenvalue weighted by Gasteiger charge is 2.63. The molecule has 4 atom stereocenters. The number of carbonyl (C=O) groups excluding carboxylic acids is 1. The lowest BCUT2D eigenvalue weighted by Gasteiger charge is -2.52. The standard InChI is InChI=1S/C35H44N8O3/c1-46-33(45)23-6-8-25(9-7-23)41-10-12-42(13-11-41)26-18-37-34(38-19-26)35-16-22-14-28(35)24(17-35)21-43(20-22)30-15-29(39-40-32(30)36)27-4-2-3-5-31(27)44/h2-5,15,18-19,22-25,28,44H,6-14,16-17,20-21H2,1H3,(H2,36,40). The van der Waals surface area contributed by atoms with Crippen molar-refractivity contribution in [3.8, 4) is 17.0 Å². The predicted molar refractivity (Wildman–Crippen MR) is 175 cm³/mol. The summed E-state index contributed by atoms with van der Waals surface area (Å²) in [4.78, 5) is 29.4. The highest BCUT2D eigenvalue weighted by Crippen LogP contribution is 2.64. The van der Waals surface area contributed by atoms with Gasteiger partial charge >= 0.3 is 5.97 Å². The van der Waals surface area contributed by atoms with Crippen LogP contribution in [0.3, 0.4) is 0 Å². The largest absolute Gasteiger partial charge is 0.507 e. The van der Waals surface area contributed by atoms with E-state index in [2.05, 4.69) is 37.3 Å². The maximum atomic E-state index is 11.9. The molecule has 8 rings (SSSR count). The Bertz CT molecular complexity index is 1580. The van der Waals surface area contributed by atoms with Crippen LogP contribution in [0.15, 0.2) is 42.7 Å². The molecule has 4 unspecified atom stereocenters. The molecule has 1 aromatic carbocycles. The Hall–Kier alpha value is -3.99. The summed E-state index contributed by atoms with van der Waals surface area (Å²) in [6, 6.07) is 9.78. The molecule has 2 aromatic heterocycles. The average molecular weight is 625 g/mol. The molecule has 46 heavy (non-hydrogen) atoms. The Balaban J connectivity index is 0.899. The van der Waals surface area contributed by atoms with E-state index in [1.54, 1.807) is 12.1 Å². The summed E-state index contributed by atoms with van der Waals surface area (Å²) < 4.78 is 4.97. The molecule has 11 heteroatoms. The van der Waals surface area contributed by atoms with Crippen LogP contribution in [0, 0.1) is 23.7 Å². The normalized spacial score (nSPS) is 30.8. The first-order chi connectivity index (χ1) is 22.4. The fourth-order valence-corrected chi connectivity index (χ4v) is 9.60. The smallest absolute Gasteiger partial charge is 0.308 e. The summed E-state index contributed by atoms with van der Waals surface area (Å²) in [7, 11) is 1.50. The Labute approximate surface area is 270 Å². The second kappa shape index (κ2) is 11.7. The number of benzene rings is 1. The summed E-state index contributed by atoms with van der Waals surface area (Å²) in [5, 5.41) is 19.0. The number of aromatic nitrogens is 4. The van der Waals surface area contributed by atoms with Gasteiger partial charge in [0.15, 0.2) is 5.82 Å². The molecule has 0 radical (unpaired) electrons. The highest BCUT2D eigenvalue weighted by molar-refractivity contribution is 5.74. The molecule has 3 aromatic rings. The zero-order valence-corrected chi connectivity index (χ0v) is 26.6. The zero-order chi connectivity index (χ0) is 31.4. The van der Waals surface area contributed by atoms with Crippen LogP contribution < -0.4 is 15.5 Å². The van der Waals surface area contributed by atoms with Gasteiger partial charge in [-0.05, 0) is 80.9 Å². The van der Waals surface area contributed by atoms with E-state index >= 15 is 0 Å². The Morgan fingerprint density at radius 1 is 0.978 bits per heavy atom. The average Bonchev–Trinajstić information content (AvgIpc) is 3.28. The number of fused-ring (bicyclic) bond motifs is 1. The number of nitrogens with two attached hydrogens (primary N) is 1. The number of nitrogens with zero attached hydrogens (tertiary/aromatic N) is 7. The molecular weight excluding hydrogens is 580 g/mol. The van der Waals surface area contributed by atoms with E-state index in [9.17, 15) is 9.90 Å². The molecule has 0 amide bonds. The van der Waals surface area contributed by atoms with Gasteiger partial charge in [-0.15, -0.1) is 10.2 Å². The number of anilines is 3. The fraction of sp³-hybridized carbons (Fsp3) is 0.571. The van der Waals surface area contributed by atoms with E-state index in [0.717, 1.165) is 95.0 Å². The maximum Gasteiger partial charge on any atom is 0.308 e. The van der Waals surface area contributed by atoms with Crippen LogP contribution in [0.5, 0.6) is 5.75 Å². The molecule has 2 saturated heterocycles. The second-order valence-corrected chi connectivity index (χ2v) is 14.3. The van der Waals surface area contributed by atoms with Gasteiger partial charge in [0.25, 0.3) is 0 Å². The topological polar surface area (TPSA) is 134 Å². The summed E-state index contributed by atoms with van der Waals surface area (Å²) in [6.45, 7) is 5.89. The summed E-state index contributed by atoms with van der Waals surface area (Å²) in [5.74, 6) is 3.37. The number of carbonyl (C=O) groups is 1. The van der Waals surface area contributed by atoms with Gasteiger partial charge in [-0.1, -0.05) is 12.1 Å². The Morgan fingerprint density at radius 2 is 1.74 bits per heavy atom. The Kier molecular flexibility index (Phi) is 7.46. The third kappa shape index (κ3) is 5.03. The van der Waals surface area contributed by atoms with Crippen LogP contribution in [0.25, 0.3) is 11.3 Å². The minimum atomic E-state index is -0.0462. The highest BCUT2D eigenvalue weighted by atomic mass is 16.5. The third-order valence-electron chi connectivity index (χ3n) is 11.9. The van der Waals surface area contributed by atoms with E-state index < -0.39 is 0 Å². The number of rotatable bonds is 6. The van der Waals surface area contributed by atoms with Crippen LogP contribution in [-0.4, -0.2) is 88.6 Å². The van der Waals surface area contributed by atoms with Crippen LogP contribution in [-0.2, 0) is 14.9 Å². The van der Waals surface area contributed by atoms with Crippen molar-refractivity contribution in [1.82, 2.24) is 25.1 Å². The van der Waals surface area contributed by atoms with E-state index in [1.807, 2.05) is 18.2 Å². The summed E-state index contributed by atoms with van der Waals surface area (Å²) in [6.07, 6.45) is 11.6. The number of phenols is 1. The number of para-hydroxylation sites is 1. The van der Waals surface area contributed by atoms with Gasteiger partial charge in [0.05, 0.1) is 42.5 Å². The van der Waals surface area contributed by atoms with Crippen molar-refractivity contribution in [2.75, 3.05) is 61.9 Å². The summed E-state index contributed by atoms with van der Waals surface area (Å²) >= 11 is 0. The van der Waals surface area contributed by atoms with E-state index in [1.165, 1.54) is 13.5 Å². The second-order valence-electron chi connectivity index (χ2n) is 14.3. The SMILES string of the molecule is COC(=O)C1CCC(N2CCN(c3cnc(C45CC6CC4C(CN(c4cc(-c7ccccc7O)nnc4N)C6)C5)nc3)CC2)CC1. The van der Waals surface area contributed by atoms with Gasteiger partial charge in [-0.3, -0.25) is 9.69 Å². The lowest BCUT2D eigenvalue weighted by molar-refractivity contribution is -0.146.